The molecule has 0 aliphatic carbocycles. The van der Waals surface area contributed by atoms with Crippen LogP contribution in [0.4, 0.5) is 8.78 Å². The lowest BCUT2D eigenvalue weighted by Gasteiger charge is -2.37. The summed E-state index contributed by atoms with van der Waals surface area (Å²) in [7, 11) is -7.73. The van der Waals surface area contributed by atoms with E-state index in [-0.39, 0.29) is 31.1 Å². The van der Waals surface area contributed by atoms with Crippen molar-refractivity contribution in [1.29, 1.82) is 0 Å². The molecule has 2 aliphatic rings. The third-order valence-corrected chi connectivity index (χ3v) is 8.12. The van der Waals surface area contributed by atoms with Crippen LogP contribution in [-0.4, -0.2) is 58.0 Å². The summed E-state index contributed by atoms with van der Waals surface area (Å²) in [6, 6.07) is 2.24. The molecule has 12 heteroatoms. The smallest absolute Gasteiger partial charge is 0.246 e. The standard InChI is InChI=1S/C17H23F2N3O5S2/c1-28(24,25)22-12-5-6-13(22)10-11(9-12)21-16(23)7-8-20-29(26,27)17-14(18)3-2-4-15(17)19/h2-4,11-13,20H,5-10H2,1H3,(H,21,23). The number of benzene rings is 1. The van der Waals surface area contributed by atoms with Gasteiger partial charge in [0, 0.05) is 31.1 Å². The Morgan fingerprint density at radius 3 is 2.17 bits per heavy atom. The van der Waals surface area contributed by atoms with E-state index in [0.717, 1.165) is 31.0 Å². The van der Waals surface area contributed by atoms with Crippen molar-refractivity contribution in [3.8, 4) is 0 Å². The molecule has 162 valence electrons. The third kappa shape index (κ3) is 4.93. The van der Waals surface area contributed by atoms with Gasteiger partial charge in [-0.1, -0.05) is 6.07 Å². The zero-order valence-electron chi connectivity index (χ0n) is 15.8. The Morgan fingerprint density at radius 1 is 1.10 bits per heavy atom. The summed E-state index contributed by atoms with van der Waals surface area (Å²) >= 11 is 0. The van der Waals surface area contributed by atoms with Gasteiger partial charge < -0.3 is 5.32 Å². The van der Waals surface area contributed by atoms with Crippen LogP contribution >= 0.6 is 0 Å². The number of amides is 1. The third-order valence-electron chi connectivity index (χ3n) is 5.25. The quantitative estimate of drug-likeness (QED) is 0.634. The molecular weight excluding hydrogens is 428 g/mol. The molecule has 0 spiro atoms. The minimum atomic E-state index is -4.43. The second-order valence-corrected chi connectivity index (χ2v) is 11.0. The Balaban J connectivity index is 1.51. The average molecular weight is 452 g/mol. The van der Waals surface area contributed by atoms with E-state index in [1.165, 1.54) is 10.6 Å². The predicted octanol–water partition coefficient (Wildman–Crippen LogP) is 0.704. The fraction of sp³-hybridized carbons (Fsp3) is 0.588. The number of hydrogen-bond donors (Lipinski definition) is 2. The molecule has 0 saturated carbocycles. The highest BCUT2D eigenvalue weighted by molar-refractivity contribution is 7.89. The van der Waals surface area contributed by atoms with Crippen molar-refractivity contribution in [3.63, 3.8) is 0 Å². The van der Waals surface area contributed by atoms with Crippen LogP contribution in [0.25, 0.3) is 0 Å². The summed E-state index contributed by atoms with van der Waals surface area (Å²) in [4.78, 5) is 11.1. The summed E-state index contributed by atoms with van der Waals surface area (Å²) < 4.78 is 78.8. The highest BCUT2D eigenvalue weighted by Crippen LogP contribution is 2.37. The van der Waals surface area contributed by atoms with Gasteiger partial charge in [0.05, 0.1) is 6.26 Å². The van der Waals surface area contributed by atoms with E-state index in [4.69, 9.17) is 0 Å². The fourth-order valence-electron chi connectivity index (χ4n) is 4.20. The lowest BCUT2D eigenvalue weighted by molar-refractivity contribution is -0.122. The molecule has 2 saturated heterocycles. The van der Waals surface area contributed by atoms with E-state index in [1.54, 1.807) is 0 Å². The molecule has 1 amide bonds. The molecule has 2 bridgehead atoms. The number of nitrogens with zero attached hydrogens (tertiary/aromatic N) is 1. The first kappa shape index (κ1) is 22.1. The second-order valence-electron chi connectivity index (χ2n) is 7.41. The zero-order chi connectivity index (χ0) is 21.4. The largest absolute Gasteiger partial charge is 0.353 e. The normalized spacial score (nSPS) is 25.1. The molecule has 29 heavy (non-hydrogen) atoms. The van der Waals surface area contributed by atoms with Gasteiger partial charge in [0.1, 0.15) is 11.6 Å². The van der Waals surface area contributed by atoms with Crippen LogP contribution in [-0.2, 0) is 24.8 Å². The first-order valence-electron chi connectivity index (χ1n) is 9.20. The van der Waals surface area contributed by atoms with Crippen LogP contribution in [0.5, 0.6) is 0 Å². The average Bonchev–Trinajstić information content (AvgIpc) is 2.86. The number of fused-ring (bicyclic) bond motifs is 2. The van der Waals surface area contributed by atoms with E-state index >= 15 is 0 Å². The minimum Gasteiger partial charge on any atom is -0.353 e. The molecule has 0 aromatic heterocycles. The molecule has 2 atom stereocenters. The van der Waals surface area contributed by atoms with Gasteiger partial charge in [-0.05, 0) is 37.8 Å². The maximum atomic E-state index is 13.7. The van der Waals surface area contributed by atoms with Gasteiger partial charge in [-0.25, -0.2) is 30.3 Å². The zero-order valence-corrected chi connectivity index (χ0v) is 17.4. The molecular formula is C17H23F2N3O5S2. The summed E-state index contributed by atoms with van der Waals surface area (Å²) in [5, 5.41) is 2.80. The van der Waals surface area contributed by atoms with E-state index in [0.29, 0.717) is 12.8 Å². The van der Waals surface area contributed by atoms with Gasteiger partial charge in [-0.2, -0.15) is 4.31 Å². The van der Waals surface area contributed by atoms with Crippen molar-refractivity contribution in [2.24, 2.45) is 0 Å². The molecule has 3 rings (SSSR count). The number of rotatable bonds is 7. The van der Waals surface area contributed by atoms with Crippen LogP contribution in [0.1, 0.15) is 32.1 Å². The van der Waals surface area contributed by atoms with Gasteiger partial charge in [-0.15, -0.1) is 0 Å². The maximum absolute atomic E-state index is 13.7. The summed E-state index contributed by atoms with van der Waals surface area (Å²) in [5.74, 6) is -2.84. The lowest BCUT2D eigenvalue weighted by atomic mass is 9.99. The molecule has 2 N–H and O–H groups in total. The second kappa shape index (κ2) is 8.25. The molecule has 2 heterocycles. The molecule has 0 radical (unpaired) electrons. The number of sulfonamides is 2. The Labute approximate surface area is 168 Å². The number of carbonyl (C=O) groups excluding carboxylic acids is 1. The van der Waals surface area contributed by atoms with Crippen LogP contribution in [0.3, 0.4) is 0 Å². The first-order chi connectivity index (χ1) is 13.5. The number of piperidine rings is 1. The number of hydrogen-bond acceptors (Lipinski definition) is 5. The van der Waals surface area contributed by atoms with Crippen molar-refractivity contribution >= 4 is 26.0 Å². The maximum Gasteiger partial charge on any atom is 0.246 e. The number of carbonyl (C=O) groups is 1. The summed E-state index contributed by atoms with van der Waals surface area (Å²) in [6.45, 7) is -0.322. The fourth-order valence-corrected chi connectivity index (χ4v) is 6.83. The molecule has 2 fully saturated rings. The van der Waals surface area contributed by atoms with Gasteiger partial charge in [0.25, 0.3) is 0 Å². The van der Waals surface area contributed by atoms with Gasteiger partial charge in [0.15, 0.2) is 4.90 Å². The molecule has 2 aliphatic heterocycles. The van der Waals surface area contributed by atoms with Crippen molar-refractivity contribution in [1.82, 2.24) is 14.3 Å². The van der Waals surface area contributed by atoms with E-state index in [9.17, 15) is 30.4 Å². The molecule has 1 aromatic carbocycles. The predicted molar refractivity (Wildman–Crippen MR) is 101 cm³/mol. The van der Waals surface area contributed by atoms with E-state index in [1.807, 2.05) is 4.72 Å². The van der Waals surface area contributed by atoms with Crippen molar-refractivity contribution in [2.75, 3.05) is 12.8 Å². The lowest BCUT2D eigenvalue weighted by Crippen LogP contribution is -2.52. The molecule has 1 aromatic rings. The number of nitrogens with one attached hydrogen (secondary N) is 2. The minimum absolute atomic E-state index is 0.142. The van der Waals surface area contributed by atoms with Crippen LogP contribution < -0.4 is 10.0 Å². The topological polar surface area (TPSA) is 113 Å². The molecule has 2 unspecified atom stereocenters. The van der Waals surface area contributed by atoms with E-state index in [2.05, 4.69) is 5.32 Å². The van der Waals surface area contributed by atoms with Crippen LogP contribution in [0, 0.1) is 11.6 Å². The van der Waals surface area contributed by atoms with Crippen molar-refractivity contribution in [3.05, 3.63) is 29.8 Å². The summed E-state index contributed by atoms with van der Waals surface area (Å²) in [6.07, 6.45) is 3.47. The Bertz CT molecular complexity index is 966. The summed E-state index contributed by atoms with van der Waals surface area (Å²) in [5.41, 5.74) is 0. The van der Waals surface area contributed by atoms with Crippen LogP contribution in [0.2, 0.25) is 0 Å². The van der Waals surface area contributed by atoms with Gasteiger partial charge in [0.2, 0.25) is 26.0 Å². The number of halogens is 2. The SMILES string of the molecule is CS(=O)(=O)N1C2CCC1CC(NC(=O)CCNS(=O)(=O)c1c(F)cccc1F)C2. The highest BCUT2D eigenvalue weighted by atomic mass is 32.2. The Kier molecular flexibility index (Phi) is 6.27. The van der Waals surface area contributed by atoms with Gasteiger partial charge in [-0.3, -0.25) is 4.79 Å². The van der Waals surface area contributed by atoms with Crippen molar-refractivity contribution < 1.29 is 30.4 Å². The van der Waals surface area contributed by atoms with Crippen molar-refractivity contribution in [2.45, 2.75) is 55.1 Å². The Morgan fingerprint density at radius 2 is 1.66 bits per heavy atom. The highest BCUT2D eigenvalue weighted by Gasteiger charge is 2.45. The monoisotopic (exact) mass is 451 g/mol. The van der Waals surface area contributed by atoms with Gasteiger partial charge >= 0.3 is 0 Å². The Hall–Kier alpha value is -1.63. The first-order valence-corrected chi connectivity index (χ1v) is 12.5. The molecule has 8 nitrogen and oxygen atoms in total. The van der Waals surface area contributed by atoms with Crippen LogP contribution in [0.15, 0.2) is 23.1 Å². The van der Waals surface area contributed by atoms with E-state index < -0.39 is 42.5 Å².